The summed E-state index contributed by atoms with van der Waals surface area (Å²) in [6.45, 7) is 6.12. The lowest BCUT2D eigenvalue weighted by molar-refractivity contribution is 0.108. The van der Waals surface area contributed by atoms with Gasteiger partial charge < -0.3 is 20.1 Å². The third-order valence-electron chi connectivity index (χ3n) is 5.38. The number of aliphatic imine (C=N–C) groups is 1. The van der Waals surface area contributed by atoms with Crippen molar-refractivity contribution in [2.24, 2.45) is 4.99 Å². The molecule has 1 aliphatic rings. The molecular formula is C25H35N3O2. The Morgan fingerprint density at radius 1 is 1.07 bits per heavy atom. The lowest BCUT2D eigenvalue weighted by Gasteiger charge is -2.32. The molecule has 0 aromatic heterocycles. The second-order valence-corrected chi connectivity index (χ2v) is 7.79. The number of nitrogens with zero attached hydrogens (tertiary/aromatic N) is 2. The molecule has 30 heavy (non-hydrogen) atoms. The van der Waals surface area contributed by atoms with Crippen LogP contribution in [0.25, 0.3) is 0 Å². The number of aryl methyl sites for hydroxylation is 1. The molecule has 0 atom stereocenters. The quantitative estimate of drug-likeness (QED) is 0.377. The standard InChI is InChI=1S/C25H35N3O2/c1-2-26-25(28-17-14-23(29)15-18-28)27-16-13-22-10-6-12-24(20-22)30-19-7-11-21-8-4-3-5-9-21/h3-6,8-10,12,20,23,29H,2,7,11,13-19H2,1H3,(H,26,27). The van der Waals surface area contributed by atoms with E-state index in [0.717, 1.165) is 76.6 Å². The van der Waals surface area contributed by atoms with Gasteiger partial charge in [-0.2, -0.15) is 0 Å². The van der Waals surface area contributed by atoms with Gasteiger partial charge in [-0.3, -0.25) is 4.99 Å². The molecule has 1 saturated heterocycles. The molecule has 0 aliphatic carbocycles. The Morgan fingerprint density at radius 2 is 1.83 bits per heavy atom. The summed E-state index contributed by atoms with van der Waals surface area (Å²) in [6, 6.07) is 18.9. The zero-order valence-electron chi connectivity index (χ0n) is 18.1. The molecule has 0 spiro atoms. The molecule has 0 unspecified atom stereocenters. The zero-order chi connectivity index (χ0) is 21.0. The van der Waals surface area contributed by atoms with E-state index in [4.69, 9.17) is 9.73 Å². The van der Waals surface area contributed by atoms with Crippen LogP contribution in [0.2, 0.25) is 0 Å². The molecule has 1 aliphatic heterocycles. The van der Waals surface area contributed by atoms with Crippen LogP contribution in [-0.2, 0) is 12.8 Å². The molecular weight excluding hydrogens is 374 g/mol. The Kier molecular flexibility index (Phi) is 9.04. The van der Waals surface area contributed by atoms with E-state index in [1.807, 2.05) is 12.1 Å². The minimum Gasteiger partial charge on any atom is -0.494 e. The minimum atomic E-state index is -0.167. The Balaban J connectivity index is 1.45. The highest BCUT2D eigenvalue weighted by molar-refractivity contribution is 5.80. The molecule has 0 saturated carbocycles. The molecule has 162 valence electrons. The summed E-state index contributed by atoms with van der Waals surface area (Å²) in [5.41, 5.74) is 2.59. The number of likely N-dealkylation sites (tertiary alicyclic amines) is 1. The first-order chi connectivity index (χ1) is 14.7. The third-order valence-corrected chi connectivity index (χ3v) is 5.38. The fourth-order valence-electron chi connectivity index (χ4n) is 3.70. The molecule has 5 nitrogen and oxygen atoms in total. The highest BCUT2D eigenvalue weighted by Gasteiger charge is 2.19. The van der Waals surface area contributed by atoms with Gasteiger partial charge in [0.2, 0.25) is 0 Å². The SMILES string of the molecule is CCNC(=NCCc1cccc(OCCCc2ccccc2)c1)N1CCC(O)CC1. The fourth-order valence-corrected chi connectivity index (χ4v) is 3.70. The van der Waals surface area contributed by atoms with Crippen LogP contribution in [0.3, 0.4) is 0 Å². The van der Waals surface area contributed by atoms with Crippen molar-refractivity contribution >= 4 is 5.96 Å². The second kappa shape index (κ2) is 12.2. The summed E-state index contributed by atoms with van der Waals surface area (Å²) in [5, 5.41) is 13.1. The first-order valence-electron chi connectivity index (χ1n) is 11.2. The molecule has 1 fully saturated rings. The third kappa shape index (κ3) is 7.38. The van der Waals surface area contributed by atoms with Crippen LogP contribution in [-0.4, -0.2) is 54.9 Å². The summed E-state index contributed by atoms with van der Waals surface area (Å²) in [4.78, 5) is 7.06. The van der Waals surface area contributed by atoms with E-state index in [1.54, 1.807) is 0 Å². The maximum atomic E-state index is 9.73. The summed E-state index contributed by atoms with van der Waals surface area (Å²) < 4.78 is 5.96. The lowest BCUT2D eigenvalue weighted by atomic mass is 10.1. The zero-order valence-corrected chi connectivity index (χ0v) is 18.1. The van der Waals surface area contributed by atoms with E-state index >= 15 is 0 Å². The van der Waals surface area contributed by atoms with Crippen molar-refractivity contribution in [3.05, 3.63) is 65.7 Å². The molecule has 0 radical (unpaired) electrons. The summed E-state index contributed by atoms with van der Waals surface area (Å²) in [6.07, 6.45) is 4.39. The van der Waals surface area contributed by atoms with Crippen molar-refractivity contribution < 1.29 is 9.84 Å². The number of aliphatic hydroxyl groups is 1. The summed E-state index contributed by atoms with van der Waals surface area (Å²) >= 11 is 0. The predicted octanol–water partition coefficient (Wildman–Crippen LogP) is 3.66. The van der Waals surface area contributed by atoms with Gasteiger partial charge >= 0.3 is 0 Å². The van der Waals surface area contributed by atoms with Crippen LogP contribution < -0.4 is 10.1 Å². The van der Waals surface area contributed by atoms with E-state index in [0.29, 0.717) is 0 Å². The molecule has 2 aromatic carbocycles. The van der Waals surface area contributed by atoms with Crippen LogP contribution in [0.5, 0.6) is 5.75 Å². The van der Waals surface area contributed by atoms with Gasteiger partial charge in [0.05, 0.1) is 12.7 Å². The molecule has 5 heteroatoms. The van der Waals surface area contributed by atoms with Gasteiger partial charge in [0.1, 0.15) is 5.75 Å². The van der Waals surface area contributed by atoms with E-state index in [1.165, 1.54) is 11.1 Å². The molecule has 0 amide bonds. The lowest BCUT2D eigenvalue weighted by Crippen LogP contribution is -2.46. The first-order valence-corrected chi connectivity index (χ1v) is 11.2. The minimum absolute atomic E-state index is 0.167. The number of hydrogen-bond acceptors (Lipinski definition) is 3. The largest absolute Gasteiger partial charge is 0.494 e. The van der Waals surface area contributed by atoms with Gasteiger partial charge in [-0.1, -0.05) is 42.5 Å². The Morgan fingerprint density at radius 3 is 2.60 bits per heavy atom. The van der Waals surface area contributed by atoms with Gasteiger partial charge in [0.15, 0.2) is 5.96 Å². The van der Waals surface area contributed by atoms with Gasteiger partial charge in [-0.25, -0.2) is 0 Å². The van der Waals surface area contributed by atoms with E-state index < -0.39 is 0 Å². The fraction of sp³-hybridized carbons (Fsp3) is 0.480. The van der Waals surface area contributed by atoms with Gasteiger partial charge in [0, 0.05) is 26.2 Å². The number of aliphatic hydroxyl groups excluding tert-OH is 1. The Labute approximate surface area is 180 Å². The molecule has 0 bridgehead atoms. The normalized spacial score (nSPS) is 15.3. The van der Waals surface area contributed by atoms with Crippen LogP contribution in [0.15, 0.2) is 59.6 Å². The van der Waals surface area contributed by atoms with Crippen molar-refractivity contribution in [3.8, 4) is 5.75 Å². The predicted molar refractivity (Wildman–Crippen MR) is 123 cm³/mol. The first kappa shape index (κ1) is 22.2. The van der Waals surface area contributed by atoms with Gasteiger partial charge in [-0.05, 0) is 62.3 Å². The highest BCUT2D eigenvalue weighted by atomic mass is 16.5. The van der Waals surface area contributed by atoms with Crippen LogP contribution >= 0.6 is 0 Å². The number of ether oxygens (including phenoxy) is 1. The average Bonchev–Trinajstić information content (AvgIpc) is 2.78. The maximum absolute atomic E-state index is 9.73. The summed E-state index contributed by atoms with van der Waals surface area (Å²) in [7, 11) is 0. The second-order valence-electron chi connectivity index (χ2n) is 7.79. The van der Waals surface area contributed by atoms with Crippen molar-refractivity contribution in [2.75, 3.05) is 32.8 Å². The number of benzene rings is 2. The van der Waals surface area contributed by atoms with E-state index in [2.05, 4.69) is 59.6 Å². The number of guanidine groups is 1. The molecule has 2 N–H and O–H groups in total. The van der Waals surface area contributed by atoms with Crippen LogP contribution in [0.1, 0.15) is 37.3 Å². The van der Waals surface area contributed by atoms with Gasteiger partial charge in [0.25, 0.3) is 0 Å². The number of rotatable bonds is 9. The van der Waals surface area contributed by atoms with Gasteiger partial charge in [-0.15, -0.1) is 0 Å². The molecule has 1 heterocycles. The topological polar surface area (TPSA) is 57.1 Å². The monoisotopic (exact) mass is 409 g/mol. The number of nitrogens with one attached hydrogen (secondary N) is 1. The van der Waals surface area contributed by atoms with Crippen molar-refractivity contribution in [2.45, 2.75) is 45.1 Å². The van der Waals surface area contributed by atoms with E-state index in [-0.39, 0.29) is 6.10 Å². The Bertz CT molecular complexity index is 771. The maximum Gasteiger partial charge on any atom is 0.193 e. The smallest absolute Gasteiger partial charge is 0.193 e. The number of hydrogen-bond donors (Lipinski definition) is 2. The van der Waals surface area contributed by atoms with Crippen molar-refractivity contribution in [1.29, 1.82) is 0 Å². The van der Waals surface area contributed by atoms with Crippen molar-refractivity contribution in [1.82, 2.24) is 10.2 Å². The highest BCUT2D eigenvalue weighted by Crippen LogP contribution is 2.15. The van der Waals surface area contributed by atoms with Crippen molar-refractivity contribution in [3.63, 3.8) is 0 Å². The molecule has 2 aromatic rings. The summed E-state index contributed by atoms with van der Waals surface area (Å²) in [5.74, 6) is 1.89. The number of piperidine rings is 1. The Hall–Kier alpha value is -2.53. The van der Waals surface area contributed by atoms with Crippen LogP contribution in [0.4, 0.5) is 0 Å². The van der Waals surface area contributed by atoms with Crippen LogP contribution in [0, 0.1) is 0 Å². The molecule has 3 rings (SSSR count). The van der Waals surface area contributed by atoms with E-state index in [9.17, 15) is 5.11 Å². The average molecular weight is 410 g/mol.